The predicted molar refractivity (Wildman–Crippen MR) is 81.0 cm³/mol. The van der Waals surface area contributed by atoms with Crippen molar-refractivity contribution in [2.24, 2.45) is 11.7 Å². The molecule has 1 aliphatic heterocycles. The maximum Gasteiger partial charge on any atom is 0.135 e. The number of hydrogen-bond donors (Lipinski definition) is 2. The van der Waals surface area contributed by atoms with Crippen LogP contribution in [0.3, 0.4) is 0 Å². The van der Waals surface area contributed by atoms with E-state index in [9.17, 15) is 4.39 Å². The minimum absolute atomic E-state index is 0.0942. The van der Waals surface area contributed by atoms with Crippen LogP contribution < -0.4 is 11.1 Å². The van der Waals surface area contributed by atoms with E-state index in [1.807, 2.05) is 6.07 Å². The number of piperidine rings is 1. The van der Waals surface area contributed by atoms with Crippen molar-refractivity contribution in [3.63, 3.8) is 0 Å². The Morgan fingerprint density at radius 1 is 1.53 bits per heavy atom. The zero-order valence-electron chi connectivity index (χ0n) is 11.3. The molecule has 1 heterocycles. The van der Waals surface area contributed by atoms with Crippen molar-refractivity contribution < 1.29 is 4.39 Å². The summed E-state index contributed by atoms with van der Waals surface area (Å²) in [6.45, 7) is 4.34. The second-order valence-electron chi connectivity index (χ2n) is 5.34. The van der Waals surface area contributed by atoms with Crippen LogP contribution in [0.5, 0.6) is 0 Å². The molecule has 1 fully saturated rings. The minimum Gasteiger partial charge on any atom is -0.389 e. The number of nitrogens with zero attached hydrogens (tertiary/aromatic N) is 1. The molecule has 2 atom stereocenters. The quantitative estimate of drug-likeness (QED) is 0.834. The topological polar surface area (TPSA) is 41.3 Å². The van der Waals surface area contributed by atoms with Crippen molar-refractivity contribution in [2.45, 2.75) is 19.4 Å². The molecular formula is C14H20FN3S. The molecule has 0 aliphatic carbocycles. The molecule has 1 saturated heterocycles. The lowest BCUT2D eigenvalue weighted by atomic mass is 9.94. The number of nitrogens with one attached hydrogen (secondary N) is 1. The maximum absolute atomic E-state index is 13.8. The van der Waals surface area contributed by atoms with E-state index in [1.54, 1.807) is 6.07 Å². The lowest BCUT2D eigenvalue weighted by Gasteiger charge is -2.35. The molecule has 0 aromatic heterocycles. The highest BCUT2D eigenvalue weighted by atomic mass is 32.1. The lowest BCUT2D eigenvalue weighted by molar-refractivity contribution is 0.206. The zero-order valence-corrected chi connectivity index (χ0v) is 12.1. The van der Waals surface area contributed by atoms with E-state index in [0.29, 0.717) is 17.5 Å². The summed E-state index contributed by atoms with van der Waals surface area (Å²) in [4.78, 5) is 2.41. The van der Waals surface area contributed by atoms with Gasteiger partial charge in [-0.2, -0.15) is 0 Å². The molecule has 104 valence electrons. The van der Waals surface area contributed by atoms with Crippen LogP contribution >= 0.6 is 12.2 Å². The van der Waals surface area contributed by atoms with Gasteiger partial charge in [0, 0.05) is 23.8 Å². The van der Waals surface area contributed by atoms with Gasteiger partial charge in [-0.1, -0.05) is 19.1 Å². The molecule has 0 bridgehead atoms. The summed E-state index contributed by atoms with van der Waals surface area (Å²) in [5.41, 5.74) is 6.55. The number of halogens is 1. The van der Waals surface area contributed by atoms with Gasteiger partial charge in [0.25, 0.3) is 0 Å². The van der Waals surface area contributed by atoms with Crippen molar-refractivity contribution in [1.82, 2.24) is 4.90 Å². The highest BCUT2D eigenvalue weighted by Gasteiger charge is 2.24. The molecule has 19 heavy (non-hydrogen) atoms. The monoisotopic (exact) mass is 281 g/mol. The Hall–Kier alpha value is -1.20. The van der Waals surface area contributed by atoms with Gasteiger partial charge in [0.1, 0.15) is 10.8 Å². The van der Waals surface area contributed by atoms with Gasteiger partial charge >= 0.3 is 0 Å². The van der Waals surface area contributed by atoms with Crippen LogP contribution in [0.25, 0.3) is 0 Å². The van der Waals surface area contributed by atoms with Gasteiger partial charge in [-0.25, -0.2) is 4.39 Å². The molecule has 2 unspecified atom stereocenters. The van der Waals surface area contributed by atoms with Gasteiger partial charge in [0.05, 0.1) is 0 Å². The van der Waals surface area contributed by atoms with E-state index in [4.69, 9.17) is 18.0 Å². The van der Waals surface area contributed by atoms with E-state index >= 15 is 0 Å². The third-order valence-corrected chi connectivity index (χ3v) is 3.91. The Morgan fingerprint density at radius 2 is 2.26 bits per heavy atom. The van der Waals surface area contributed by atoms with Gasteiger partial charge in [-0.15, -0.1) is 0 Å². The zero-order chi connectivity index (χ0) is 14.0. The molecular weight excluding hydrogens is 261 g/mol. The smallest absolute Gasteiger partial charge is 0.135 e. The number of anilines is 1. The third kappa shape index (κ3) is 3.42. The van der Waals surface area contributed by atoms with E-state index in [1.165, 1.54) is 6.07 Å². The SMILES string of the molecule is CC1CN(C)CCC1Nc1ccc(C(N)=S)c(F)c1. The molecule has 3 nitrogen and oxygen atoms in total. The molecule has 0 saturated carbocycles. The van der Waals surface area contributed by atoms with Gasteiger partial charge in [0.15, 0.2) is 0 Å². The highest BCUT2D eigenvalue weighted by molar-refractivity contribution is 7.80. The Bertz CT molecular complexity index is 478. The lowest BCUT2D eigenvalue weighted by Crippen LogP contribution is -2.43. The van der Waals surface area contributed by atoms with Gasteiger partial charge in [-0.3, -0.25) is 0 Å². The first-order valence-corrected chi connectivity index (χ1v) is 6.92. The Morgan fingerprint density at radius 3 is 2.84 bits per heavy atom. The van der Waals surface area contributed by atoms with Crippen LogP contribution in [0.2, 0.25) is 0 Å². The molecule has 3 N–H and O–H groups in total. The van der Waals surface area contributed by atoms with E-state index in [-0.39, 0.29) is 10.8 Å². The average molecular weight is 281 g/mol. The van der Waals surface area contributed by atoms with Crippen LogP contribution in [0.1, 0.15) is 18.9 Å². The summed E-state index contributed by atoms with van der Waals surface area (Å²) in [5.74, 6) is 0.176. The number of hydrogen-bond acceptors (Lipinski definition) is 3. The summed E-state index contributed by atoms with van der Waals surface area (Å²) in [6, 6.07) is 5.33. The summed E-state index contributed by atoms with van der Waals surface area (Å²) in [7, 11) is 2.13. The summed E-state index contributed by atoms with van der Waals surface area (Å²) >= 11 is 4.80. The summed E-state index contributed by atoms with van der Waals surface area (Å²) < 4.78 is 13.8. The summed E-state index contributed by atoms with van der Waals surface area (Å²) in [6.07, 6.45) is 1.07. The fourth-order valence-corrected chi connectivity index (χ4v) is 2.75. The van der Waals surface area contributed by atoms with Gasteiger partial charge < -0.3 is 16.0 Å². The Kier molecular flexibility index (Phi) is 4.37. The van der Waals surface area contributed by atoms with Crippen LogP contribution in [-0.4, -0.2) is 36.1 Å². The van der Waals surface area contributed by atoms with Crippen molar-refractivity contribution in [3.8, 4) is 0 Å². The molecule has 0 amide bonds. The molecule has 1 aromatic rings. The number of nitrogens with two attached hydrogens (primary N) is 1. The van der Waals surface area contributed by atoms with Crippen LogP contribution in [0, 0.1) is 11.7 Å². The molecule has 5 heteroatoms. The number of likely N-dealkylation sites (tertiary alicyclic amines) is 1. The molecule has 1 aromatic carbocycles. The number of thiocarbonyl (C=S) groups is 1. The number of benzene rings is 1. The largest absolute Gasteiger partial charge is 0.389 e. The summed E-state index contributed by atoms with van der Waals surface area (Å²) in [5, 5.41) is 3.41. The predicted octanol–water partition coefficient (Wildman–Crippen LogP) is 2.21. The second-order valence-corrected chi connectivity index (χ2v) is 5.78. The van der Waals surface area contributed by atoms with Crippen molar-refractivity contribution >= 4 is 22.9 Å². The first-order chi connectivity index (χ1) is 8.97. The second kappa shape index (κ2) is 5.84. The molecule has 2 rings (SSSR count). The molecule has 0 radical (unpaired) electrons. The van der Waals surface area contributed by atoms with Crippen LogP contribution in [0.4, 0.5) is 10.1 Å². The first-order valence-electron chi connectivity index (χ1n) is 6.52. The Balaban J connectivity index is 2.07. The molecule has 0 spiro atoms. The van der Waals surface area contributed by atoms with Crippen molar-refractivity contribution in [2.75, 3.05) is 25.5 Å². The van der Waals surface area contributed by atoms with Crippen LogP contribution in [0.15, 0.2) is 18.2 Å². The standard InChI is InChI=1S/C14H20FN3S/c1-9-8-18(2)6-5-13(9)17-10-3-4-11(14(16)19)12(15)7-10/h3-4,7,9,13,17H,5-6,8H2,1-2H3,(H2,16,19). The van der Waals surface area contributed by atoms with Crippen molar-refractivity contribution in [3.05, 3.63) is 29.6 Å². The van der Waals surface area contributed by atoms with Crippen molar-refractivity contribution in [1.29, 1.82) is 0 Å². The fourth-order valence-electron chi connectivity index (χ4n) is 2.59. The molecule has 1 aliphatic rings. The van der Waals surface area contributed by atoms with Gasteiger partial charge in [0.2, 0.25) is 0 Å². The van der Waals surface area contributed by atoms with E-state index in [2.05, 4.69) is 24.2 Å². The minimum atomic E-state index is -0.363. The van der Waals surface area contributed by atoms with Crippen LogP contribution in [-0.2, 0) is 0 Å². The Labute approximate surface area is 119 Å². The third-order valence-electron chi connectivity index (χ3n) is 3.69. The van der Waals surface area contributed by atoms with Gasteiger partial charge in [-0.05, 0) is 44.1 Å². The van der Waals surface area contributed by atoms with E-state index in [0.717, 1.165) is 25.2 Å². The normalized spacial score (nSPS) is 24.2. The highest BCUT2D eigenvalue weighted by Crippen LogP contribution is 2.22. The maximum atomic E-state index is 13.8. The average Bonchev–Trinajstić information content (AvgIpc) is 2.32. The number of rotatable bonds is 3. The fraction of sp³-hybridized carbons (Fsp3) is 0.500. The van der Waals surface area contributed by atoms with E-state index < -0.39 is 0 Å². The first kappa shape index (κ1) is 14.2.